The first-order chi connectivity index (χ1) is 13.1. The van der Waals surface area contributed by atoms with Gasteiger partial charge in [-0.1, -0.05) is 42.5 Å². The molecule has 0 unspecified atom stereocenters. The van der Waals surface area contributed by atoms with Crippen molar-refractivity contribution in [3.05, 3.63) is 77.9 Å². The molecule has 136 valence electrons. The first kappa shape index (κ1) is 18.1. The Kier molecular flexibility index (Phi) is 5.79. The van der Waals surface area contributed by atoms with E-state index >= 15 is 0 Å². The molecule has 0 heterocycles. The lowest BCUT2D eigenvalue weighted by Gasteiger charge is -2.05. The van der Waals surface area contributed by atoms with E-state index in [9.17, 15) is 9.59 Å². The number of hydrogen-bond acceptors (Lipinski definition) is 4. The van der Waals surface area contributed by atoms with Crippen LogP contribution in [-0.4, -0.2) is 24.6 Å². The summed E-state index contributed by atoms with van der Waals surface area (Å²) in [5.41, 5.74) is 9.30. The number of nitrogens with zero attached hydrogens (tertiary/aromatic N) is 1. The molecule has 6 heteroatoms. The van der Waals surface area contributed by atoms with Crippen molar-refractivity contribution in [1.82, 2.24) is 5.43 Å². The summed E-state index contributed by atoms with van der Waals surface area (Å²) >= 11 is 0. The van der Waals surface area contributed by atoms with Gasteiger partial charge < -0.3 is 10.5 Å². The van der Waals surface area contributed by atoms with Crippen LogP contribution >= 0.6 is 0 Å². The second-order valence-electron chi connectivity index (χ2n) is 5.93. The molecule has 0 spiro atoms. The molecule has 0 fully saturated rings. The van der Waals surface area contributed by atoms with Crippen molar-refractivity contribution in [2.75, 3.05) is 6.61 Å². The van der Waals surface area contributed by atoms with E-state index in [1.54, 1.807) is 30.5 Å². The van der Waals surface area contributed by atoms with Crippen LogP contribution in [0.3, 0.4) is 0 Å². The quantitative estimate of drug-likeness (QED) is 0.500. The highest BCUT2D eigenvalue weighted by molar-refractivity contribution is 5.90. The zero-order valence-electron chi connectivity index (χ0n) is 14.6. The van der Waals surface area contributed by atoms with Gasteiger partial charge in [0, 0.05) is 0 Å². The average Bonchev–Trinajstić information content (AvgIpc) is 2.67. The van der Waals surface area contributed by atoms with Crippen molar-refractivity contribution in [3.8, 4) is 5.75 Å². The zero-order chi connectivity index (χ0) is 19.1. The highest BCUT2D eigenvalue weighted by atomic mass is 16.5. The first-order valence-electron chi connectivity index (χ1n) is 8.41. The standard InChI is InChI=1S/C21H19N3O3/c22-20(25)14-27-18-10-8-15(9-11-18)13-23-24-21(26)12-17-6-3-5-16-4-1-2-7-19(16)17/h1-11,13H,12,14H2,(H2,22,25)(H,24,26)/b23-13-. The van der Waals surface area contributed by atoms with Crippen LogP contribution in [0.15, 0.2) is 71.8 Å². The third kappa shape index (κ3) is 5.15. The van der Waals surface area contributed by atoms with Crippen molar-refractivity contribution in [2.45, 2.75) is 6.42 Å². The fourth-order valence-electron chi connectivity index (χ4n) is 2.64. The Morgan fingerprint density at radius 1 is 1.00 bits per heavy atom. The zero-order valence-corrected chi connectivity index (χ0v) is 14.6. The lowest BCUT2D eigenvalue weighted by atomic mass is 10.0. The summed E-state index contributed by atoms with van der Waals surface area (Å²) in [6.07, 6.45) is 1.79. The van der Waals surface area contributed by atoms with Gasteiger partial charge in [0.25, 0.3) is 5.91 Å². The number of benzene rings is 3. The molecule has 0 aromatic heterocycles. The first-order valence-corrected chi connectivity index (χ1v) is 8.41. The highest BCUT2D eigenvalue weighted by Gasteiger charge is 2.06. The number of carbonyl (C=O) groups excluding carboxylic acids is 2. The van der Waals surface area contributed by atoms with Gasteiger partial charge in [-0.15, -0.1) is 0 Å². The molecule has 3 aromatic carbocycles. The topological polar surface area (TPSA) is 93.8 Å². The molecule has 3 aromatic rings. The fraction of sp³-hybridized carbons (Fsp3) is 0.0952. The van der Waals surface area contributed by atoms with Crippen LogP contribution < -0.4 is 15.9 Å². The Hall–Kier alpha value is -3.67. The molecule has 0 radical (unpaired) electrons. The summed E-state index contributed by atoms with van der Waals surface area (Å²) in [6.45, 7) is -0.169. The van der Waals surface area contributed by atoms with Gasteiger partial charge >= 0.3 is 0 Å². The van der Waals surface area contributed by atoms with E-state index in [2.05, 4.69) is 10.5 Å². The van der Waals surface area contributed by atoms with Crippen LogP contribution in [0, 0.1) is 0 Å². The van der Waals surface area contributed by atoms with Crippen molar-refractivity contribution >= 4 is 28.8 Å². The minimum Gasteiger partial charge on any atom is -0.484 e. The van der Waals surface area contributed by atoms with Gasteiger partial charge in [-0.3, -0.25) is 9.59 Å². The minimum atomic E-state index is -0.533. The van der Waals surface area contributed by atoms with Gasteiger partial charge in [-0.05, 0) is 46.2 Å². The number of ether oxygens (including phenoxy) is 1. The Balaban J connectivity index is 1.56. The number of hydrogen-bond donors (Lipinski definition) is 2. The largest absolute Gasteiger partial charge is 0.484 e. The normalized spacial score (nSPS) is 10.8. The van der Waals surface area contributed by atoms with Gasteiger partial charge in [0.05, 0.1) is 12.6 Å². The smallest absolute Gasteiger partial charge is 0.255 e. The number of fused-ring (bicyclic) bond motifs is 1. The Morgan fingerprint density at radius 2 is 1.74 bits per heavy atom. The number of rotatable bonds is 7. The third-order valence-electron chi connectivity index (χ3n) is 3.90. The molecule has 0 saturated heterocycles. The molecule has 0 aliphatic carbocycles. The SMILES string of the molecule is NC(=O)COc1ccc(/C=N\NC(=O)Cc2cccc3ccccc23)cc1. The molecule has 0 aliphatic rings. The van der Waals surface area contributed by atoms with Gasteiger partial charge in [0.1, 0.15) is 5.75 Å². The molecular formula is C21H19N3O3. The number of nitrogens with one attached hydrogen (secondary N) is 1. The van der Waals surface area contributed by atoms with E-state index in [4.69, 9.17) is 10.5 Å². The summed E-state index contributed by atoms with van der Waals surface area (Å²) in [5.74, 6) is -0.190. The summed E-state index contributed by atoms with van der Waals surface area (Å²) in [7, 11) is 0. The van der Waals surface area contributed by atoms with Crippen LogP contribution in [0.4, 0.5) is 0 Å². The number of amides is 2. The number of nitrogens with two attached hydrogens (primary N) is 1. The van der Waals surface area contributed by atoms with E-state index in [0.717, 1.165) is 21.9 Å². The molecule has 6 nitrogen and oxygen atoms in total. The van der Waals surface area contributed by atoms with Crippen LogP contribution in [0.25, 0.3) is 10.8 Å². The van der Waals surface area contributed by atoms with Crippen molar-refractivity contribution in [1.29, 1.82) is 0 Å². The maximum Gasteiger partial charge on any atom is 0.255 e. The van der Waals surface area contributed by atoms with E-state index in [0.29, 0.717) is 5.75 Å². The van der Waals surface area contributed by atoms with Crippen LogP contribution in [0.2, 0.25) is 0 Å². The van der Waals surface area contributed by atoms with E-state index in [1.807, 2.05) is 42.5 Å². The Bertz CT molecular complexity index is 976. The van der Waals surface area contributed by atoms with Gasteiger partial charge in [0.2, 0.25) is 5.91 Å². The van der Waals surface area contributed by atoms with Crippen molar-refractivity contribution < 1.29 is 14.3 Å². The Morgan fingerprint density at radius 3 is 2.52 bits per heavy atom. The van der Waals surface area contributed by atoms with Gasteiger partial charge in [-0.25, -0.2) is 5.43 Å². The Labute approximate surface area is 156 Å². The maximum atomic E-state index is 12.2. The van der Waals surface area contributed by atoms with Crippen molar-refractivity contribution in [2.24, 2.45) is 10.8 Å². The van der Waals surface area contributed by atoms with Crippen LogP contribution in [0.5, 0.6) is 5.75 Å². The number of hydrazone groups is 1. The summed E-state index contributed by atoms with van der Waals surface area (Å²) in [4.78, 5) is 22.8. The summed E-state index contributed by atoms with van der Waals surface area (Å²) in [5, 5.41) is 6.14. The van der Waals surface area contributed by atoms with Crippen molar-refractivity contribution in [3.63, 3.8) is 0 Å². The second-order valence-corrected chi connectivity index (χ2v) is 5.93. The number of carbonyl (C=O) groups is 2. The fourth-order valence-corrected chi connectivity index (χ4v) is 2.64. The maximum absolute atomic E-state index is 12.2. The molecule has 0 bridgehead atoms. The predicted octanol–water partition coefficient (Wildman–Crippen LogP) is 2.40. The highest BCUT2D eigenvalue weighted by Crippen LogP contribution is 2.18. The second kappa shape index (κ2) is 8.62. The molecule has 0 aliphatic heterocycles. The molecule has 0 atom stereocenters. The summed E-state index contributed by atoms with van der Waals surface area (Å²) in [6, 6.07) is 20.8. The summed E-state index contributed by atoms with van der Waals surface area (Å²) < 4.78 is 5.18. The van der Waals surface area contributed by atoms with Gasteiger partial charge in [0.15, 0.2) is 6.61 Å². The van der Waals surface area contributed by atoms with E-state index in [1.165, 1.54) is 0 Å². The molecule has 0 saturated carbocycles. The monoisotopic (exact) mass is 361 g/mol. The lowest BCUT2D eigenvalue weighted by Crippen LogP contribution is -2.20. The molecule has 27 heavy (non-hydrogen) atoms. The predicted molar refractivity (Wildman–Crippen MR) is 105 cm³/mol. The van der Waals surface area contributed by atoms with E-state index < -0.39 is 5.91 Å². The molecule has 2 amide bonds. The lowest BCUT2D eigenvalue weighted by molar-refractivity contribution is -0.121. The number of primary amides is 1. The average molecular weight is 361 g/mol. The molecule has 3 rings (SSSR count). The third-order valence-corrected chi connectivity index (χ3v) is 3.90. The molecular weight excluding hydrogens is 342 g/mol. The van der Waals surface area contributed by atoms with Crippen LogP contribution in [-0.2, 0) is 16.0 Å². The molecule has 3 N–H and O–H groups in total. The van der Waals surface area contributed by atoms with E-state index in [-0.39, 0.29) is 18.9 Å². The van der Waals surface area contributed by atoms with Gasteiger partial charge in [-0.2, -0.15) is 5.10 Å². The minimum absolute atomic E-state index is 0.169. The van der Waals surface area contributed by atoms with Crippen LogP contribution in [0.1, 0.15) is 11.1 Å².